The molecule has 0 fully saturated rings. The van der Waals surface area contributed by atoms with Crippen molar-refractivity contribution in [1.29, 1.82) is 0 Å². The fraction of sp³-hybridized carbons (Fsp3) is 0.333. The number of esters is 3. The van der Waals surface area contributed by atoms with Gasteiger partial charge in [-0.15, -0.1) is 0 Å². The minimum atomic E-state index is -1.73. The van der Waals surface area contributed by atoms with Gasteiger partial charge >= 0.3 is 17.9 Å². The van der Waals surface area contributed by atoms with Crippen LogP contribution in [-0.2, 0) is 33.4 Å². The van der Waals surface area contributed by atoms with Crippen LogP contribution in [0, 0.1) is 7.14 Å². The second kappa shape index (κ2) is 13.0. The lowest BCUT2D eigenvalue weighted by Crippen LogP contribution is -2.48. The molecule has 0 spiro atoms. The highest BCUT2D eigenvalue weighted by Gasteiger charge is 2.39. The Balaban J connectivity index is 3.59. The van der Waals surface area contributed by atoms with Gasteiger partial charge in [-0.1, -0.05) is 0 Å². The zero-order chi connectivity index (χ0) is 25.6. The zero-order valence-corrected chi connectivity index (χ0v) is 24.4. The van der Waals surface area contributed by atoms with Crippen LogP contribution in [0.25, 0.3) is 0 Å². The number of nitrogens with zero attached hydrogens (tertiary/aromatic N) is 1. The van der Waals surface area contributed by atoms with Crippen molar-refractivity contribution in [1.82, 2.24) is 0 Å². The second-order valence-electron chi connectivity index (χ2n) is 6.18. The highest BCUT2D eigenvalue weighted by atomic mass is 127. The van der Waals surface area contributed by atoms with Crippen LogP contribution in [0.15, 0.2) is 6.07 Å². The van der Waals surface area contributed by atoms with E-state index in [0.717, 1.165) is 23.9 Å². The summed E-state index contributed by atoms with van der Waals surface area (Å²) in [5, 5.41) is -0.894. The van der Waals surface area contributed by atoms with Crippen molar-refractivity contribution in [3.63, 3.8) is 0 Å². The van der Waals surface area contributed by atoms with Gasteiger partial charge in [-0.25, -0.2) is 3.11 Å². The van der Waals surface area contributed by atoms with Crippen molar-refractivity contribution in [2.45, 2.75) is 33.0 Å². The normalized spacial score (nSPS) is 12.2. The number of hydrogen-bond acceptors (Lipinski definition) is 9. The number of carbonyl (C=O) groups is 6. The first kappa shape index (κ1) is 29.8. The predicted molar refractivity (Wildman–Crippen MR) is 140 cm³/mol. The predicted octanol–water partition coefficient (Wildman–Crippen LogP) is 2.48. The van der Waals surface area contributed by atoms with Crippen LogP contribution in [0.5, 0.6) is 0 Å². The third-order valence-electron chi connectivity index (χ3n) is 3.69. The number of hydrogen-bond donors (Lipinski definition) is 1. The maximum Gasteiger partial charge on any atom is 0.303 e. The first-order chi connectivity index (χ1) is 15.2. The van der Waals surface area contributed by atoms with Gasteiger partial charge in [-0.3, -0.25) is 28.8 Å². The van der Waals surface area contributed by atoms with Crippen molar-refractivity contribution in [3.8, 4) is 0 Å². The molecule has 0 bridgehead atoms. The molecule has 2 amide bonds. The summed E-state index contributed by atoms with van der Waals surface area (Å²) in [6.07, 6.45) is -3.21. The van der Waals surface area contributed by atoms with Crippen molar-refractivity contribution in [2.75, 3.05) is 9.72 Å². The van der Waals surface area contributed by atoms with Gasteiger partial charge in [0.1, 0.15) is 6.61 Å². The van der Waals surface area contributed by atoms with E-state index in [-0.39, 0.29) is 24.0 Å². The molecule has 1 aromatic rings. The number of rotatable bonds is 9. The van der Waals surface area contributed by atoms with Gasteiger partial charge in [0, 0.05) is 24.3 Å². The van der Waals surface area contributed by atoms with Gasteiger partial charge < -0.3 is 19.9 Å². The monoisotopic (exact) mass is 820 g/mol. The van der Waals surface area contributed by atoms with Crippen LogP contribution in [-0.4, -0.2) is 53.8 Å². The molecule has 180 valence electrons. The molecule has 0 saturated heterocycles. The van der Waals surface area contributed by atoms with E-state index in [0.29, 0.717) is 0 Å². The Morgan fingerprint density at radius 2 is 1.55 bits per heavy atom. The Morgan fingerprint density at radius 3 is 1.97 bits per heavy atom. The molecule has 33 heavy (non-hydrogen) atoms. The van der Waals surface area contributed by atoms with Crippen LogP contribution in [0.4, 0.5) is 5.69 Å². The molecule has 2 atom stereocenters. The topological polar surface area (TPSA) is 159 Å². The Labute approximate surface area is 234 Å². The zero-order valence-electron chi connectivity index (χ0n) is 17.1. The van der Waals surface area contributed by atoms with Crippen LogP contribution in [0.1, 0.15) is 41.5 Å². The molecule has 2 N–H and O–H groups in total. The summed E-state index contributed by atoms with van der Waals surface area (Å²) < 4.78 is 16.3. The minimum Gasteiger partial charge on any atom is -0.462 e. The Morgan fingerprint density at radius 1 is 1.00 bits per heavy atom. The van der Waals surface area contributed by atoms with Gasteiger partial charge in [-0.2, -0.15) is 0 Å². The highest BCUT2D eigenvalue weighted by Crippen LogP contribution is 2.35. The van der Waals surface area contributed by atoms with Gasteiger partial charge in [0.05, 0.1) is 43.2 Å². The standard InChI is InChI=1S/C18H16ClI3N2O9/c1-6(25)31-5-11(32-7(2)26)15(33-8(3)27)18(30)24(22)10-4-9(17(23)29)13(20)12(14(10)21)16(19)28/h4,11,15H,5H2,1-3H3,(H2,23,29). The smallest absolute Gasteiger partial charge is 0.303 e. The molecule has 0 saturated carbocycles. The summed E-state index contributed by atoms with van der Waals surface area (Å²) in [5.41, 5.74) is 5.29. The van der Waals surface area contributed by atoms with E-state index in [1.54, 1.807) is 68.0 Å². The average molecular weight is 820 g/mol. The van der Waals surface area contributed by atoms with Crippen molar-refractivity contribution in [3.05, 3.63) is 24.3 Å². The summed E-state index contributed by atoms with van der Waals surface area (Å²) >= 11 is 10.7. The molecule has 15 heteroatoms. The van der Waals surface area contributed by atoms with E-state index < -0.39 is 53.8 Å². The number of nitrogens with two attached hydrogens (primary N) is 1. The minimum absolute atomic E-state index is 0.0330. The summed E-state index contributed by atoms with van der Waals surface area (Å²) in [6.45, 7) is 2.60. The molecular weight excluding hydrogens is 804 g/mol. The fourth-order valence-corrected chi connectivity index (χ4v) is 6.40. The first-order valence-corrected chi connectivity index (χ1v) is 12.2. The number of amides is 2. The summed E-state index contributed by atoms with van der Waals surface area (Å²) in [5.74, 6) is -4.24. The number of benzene rings is 1. The maximum atomic E-state index is 13.3. The summed E-state index contributed by atoms with van der Waals surface area (Å²) in [7, 11) is 0. The molecule has 1 aromatic carbocycles. The number of anilines is 1. The van der Waals surface area contributed by atoms with Crippen molar-refractivity contribution >= 4 is 120 Å². The lowest BCUT2D eigenvalue weighted by molar-refractivity contribution is -0.175. The third-order valence-corrected chi connectivity index (χ3v) is 7.09. The largest absolute Gasteiger partial charge is 0.462 e. The number of primary amides is 1. The Bertz CT molecular complexity index is 1020. The van der Waals surface area contributed by atoms with Crippen molar-refractivity contribution in [2.24, 2.45) is 5.73 Å². The molecule has 0 heterocycles. The van der Waals surface area contributed by atoms with Gasteiger partial charge in [-0.05, 0) is 62.8 Å². The Kier molecular flexibility index (Phi) is 11.7. The quantitative estimate of drug-likeness (QED) is 0.130. The number of ether oxygens (including phenoxy) is 3. The molecule has 2 unspecified atom stereocenters. The molecule has 0 aliphatic rings. The number of halogens is 4. The van der Waals surface area contributed by atoms with E-state index in [1.807, 2.05) is 0 Å². The SMILES string of the molecule is CC(=O)OCC(OC(C)=O)C(OC(C)=O)C(=O)N(I)c1cc(C(N)=O)c(I)c(C(=O)Cl)c1I. The Hall–Kier alpha value is -1.28. The van der Waals surface area contributed by atoms with Gasteiger partial charge in [0.25, 0.3) is 11.1 Å². The molecule has 0 aromatic heterocycles. The van der Waals surface area contributed by atoms with E-state index in [2.05, 4.69) is 0 Å². The fourth-order valence-electron chi connectivity index (χ4n) is 2.41. The molecular formula is C18H16ClI3N2O9. The van der Waals surface area contributed by atoms with Crippen LogP contribution < -0.4 is 8.85 Å². The van der Waals surface area contributed by atoms with Crippen LogP contribution in [0.2, 0.25) is 0 Å². The summed E-state index contributed by atoms with van der Waals surface area (Å²) in [6, 6.07) is 1.26. The van der Waals surface area contributed by atoms with Gasteiger partial charge in [0.2, 0.25) is 12.0 Å². The van der Waals surface area contributed by atoms with Crippen LogP contribution in [0.3, 0.4) is 0 Å². The molecule has 11 nitrogen and oxygen atoms in total. The molecule has 1 rings (SSSR count). The van der Waals surface area contributed by atoms with E-state index in [4.69, 9.17) is 31.5 Å². The highest BCUT2D eigenvalue weighted by molar-refractivity contribution is 14.1. The maximum absolute atomic E-state index is 13.3. The molecule has 0 aliphatic heterocycles. The average Bonchev–Trinajstić information content (AvgIpc) is 2.67. The van der Waals surface area contributed by atoms with Crippen molar-refractivity contribution < 1.29 is 43.0 Å². The third kappa shape index (κ3) is 8.16. The van der Waals surface area contributed by atoms with Crippen LogP contribution >= 0.6 is 79.6 Å². The van der Waals surface area contributed by atoms with E-state index >= 15 is 0 Å². The van der Waals surface area contributed by atoms with E-state index in [9.17, 15) is 28.8 Å². The number of carbonyl (C=O) groups excluding carboxylic acids is 6. The summed E-state index contributed by atoms with van der Waals surface area (Å²) in [4.78, 5) is 71.6. The first-order valence-electron chi connectivity index (χ1n) is 8.68. The lowest BCUT2D eigenvalue weighted by atomic mass is 10.1. The molecule has 0 radical (unpaired) electrons. The van der Waals surface area contributed by atoms with Gasteiger partial charge in [0.15, 0.2) is 6.10 Å². The molecule has 0 aliphatic carbocycles. The second-order valence-corrected chi connectivity index (χ2v) is 9.65. The van der Waals surface area contributed by atoms with E-state index in [1.165, 1.54) is 6.07 Å². The lowest BCUT2D eigenvalue weighted by Gasteiger charge is -2.28.